The lowest BCUT2D eigenvalue weighted by atomic mass is 9.96. The molecule has 3 heteroatoms. The Hall–Kier alpha value is -1.09. The van der Waals surface area contributed by atoms with Crippen molar-refractivity contribution in [3.63, 3.8) is 0 Å². The first kappa shape index (κ1) is 11.0. The van der Waals surface area contributed by atoms with Crippen molar-refractivity contribution in [2.45, 2.75) is 32.2 Å². The third kappa shape index (κ3) is 2.29. The predicted octanol–water partition coefficient (Wildman–Crippen LogP) is 1.97. The molecule has 0 aliphatic carbocycles. The molecule has 2 saturated heterocycles. The molecule has 0 spiro atoms. The molecule has 0 bridgehead atoms. The molecule has 2 atom stereocenters. The Kier molecular flexibility index (Phi) is 3.02. The van der Waals surface area contributed by atoms with E-state index in [1.165, 1.54) is 44.6 Å². The van der Waals surface area contributed by atoms with Crippen LogP contribution in [0.5, 0.6) is 0 Å². The van der Waals surface area contributed by atoms with Crippen LogP contribution < -0.4 is 10.2 Å². The van der Waals surface area contributed by atoms with Crippen LogP contribution in [0, 0.1) is 12.8 Å². The average Bonchev–Trinajstić information content (AvgIpc) is 2.70. The van der Waals surface area contributed by atoms with E-state index in [0.29, 0.717) is 0 Å². The molecule has 2 aliphatic rings. The van der Waals surface area contributed by atoms with E-state index in [9.17, 15) is 0 Å². The van der Waals surface area contributed by atoms with E-state index in [1.807, 2.05) is 13.1 Å². The van der Waals surface area contributed by atoms with E-state index < -0.39 is 0 Å². The van der Waals surface area contributed by atoms with Crippen molar-refractivity contribution < 1.29 is 0 Å². The number of aromatic nitrogens is 1. The fourth-order valence-electron chi connectivity index (χ4n) is 3.14. The molecule has 1 N–H and O–H groups in total. The zero-order chi connectivity index (χ0) is 11.7. The molecule has 0 amide bonds. The Morgan fingerprint density at radius 2 is 2.12 bits per heavy atom. The van der Waals surface area contributed by atoms with Gasteiger partial charge in [-0.1, -0.05) is 0 Å². The molecule has 3 nitrogen and oxygen atoms in total. The van der Waals surface area contributed by atoms with Crippen LogP contribution in [0.1, 0.15) is 25.0 Å². The zero-order valence-corrected chi connectivity index (χ0v) is 10.5. The molecule has 2 fully saturated rings. The van der Waals surface area contributed by atoms with Crippen LogP contribution in [0.2, 0.25) is 0 Å². The minimum atomic E-state index is 0.762. The molecule has 17 heavy (non-hydrogen) atoms. The lowest BCUT2D eigenvalue weighted by Crippen LogP contribution is -2.28. The third-order valence-electron chi connectivity index (χ3n) is 4.23. The maximum atomic E-state index is 4.40. The highest BCUT2D eigenvalue weighted by Crippen LogP contribution is 2.27. The number of hydrogen-bond acceptors (Lipinski definition) is 3. The second-order valence-electron chi connectivity index (χ2n) is 5.33. The number of fused-ring (bicyclic) bond motifs is 1. The van der Waals surface area contributed by atoms with Gasteiger partial charge in [0.05, 0.1) is 11.9 Å². The number of pyridine rings is 1. The van der Waals surface area contributed by atoms with Gasteiger partial charge in [-0.15, -0.1) is 0 Å². The van der Waals surface area contributed by atoms with Gasteiger partial charge in [-0.3, -0.25) is 4.98 Å². The summed E-state index contributed by atoms with van der Waals surface area (Å²) >= 11 is 0. The SMILES string of the molecule is Cc1ccc(N2CC[C@H]3CCN[C@H]3CC2)cn1. The molecule has 92 valence electrons. The molecule has 3 rings (SSSR count). The minimum Gasteiger partial charge on any atom is -0.370 e. The highest BCUT2D eigenvalue weighted by molar-refractivity contribution is 5.44. The summed E-state index contributed by atoms with van der Waals surface area (Å²) in [5.74, 6) is 0.901. The quantitative estimate of drug-likeness (QED) is 0.801. The van der Waals surface area contributed by atoms with E-state index in [-0.39, 0.29) is 0 Å². The fraction of sp³-hybridized carbons (Fsp3) is 0.643. The number of aryl methyl sites for hydroxylation is 1. The van der Waals surface area contributed by atoms with Crippen molar-refractivity contribution >= 4 is 5.69 Å². The van der Waals surface area contributed by atoms with E-state index >= 15 is 0 Å². The number of nitrogens with zero attached hydrogens (tertiary/aromatic N) is 2. The molecule has 0 unspecified atom stereocenters. The number of anilines is 1. The van der Waals surface area contributed by atoms with Crippen LogP contribution in [-0.4, -0.2) is 30.7 Å². The van der Waals surface area contributed by atoms with Crippen LogP contribution in [0.25, 0.3) is 0 Å². The summed E-state index contributed by atoms with van der Waals surface area (Å²) in [5.41, 5.74) is 2.39. The van der Waals surface area contributed by atoms with Gasteiger partial charge in [0.2, 0.25) is 0 Å². The van der Waals surface area contributed by atoms with Crippen molar-refractivity contribution in [1.82, 2.24) is 10.3 Å². The van der Waals surface area contributed by atoms with Crippen LogP contribution in [-0.2, 0) is 0 Å². The molecule has 0 saturated carbocycles. The average molecular weight is 231 g/mol. The number of nitrogens with one attached hydrogen (secondary N) is 1. The van der Waals surface area contributed by atoms with Gasteiger partial charge in [0.15, 0.2) is 0 Å². The van der Waals surface area contributed by atoms with Gasteiger partial charge in [0, 0.05) is 24.8 Å². The lowest BCUT2D eigenvalue weighted by Gasteiger charge is -2.22. The zero-order valence-electron chi connectivity index (χ0n) is 10.5. The van der Waals surface area contributed by atoms with Crippen molar-refractivity contribution in [2.24, 2.45) is 5.92 Å². The highest BCUT2D eigenvalue weighted by atomic mass is 15.1. The Bertz CT molecular complexity index is 360. The fourth-order valence-corrected chi connectivity index (χ4v) is 3.14. The van der Waals surface area contributed by atoms with E-state index in [4.69, 9.17) is 0 Å². The lowest BCUT2D eigenvalue weighted by molar-refractivity contribution is 0.436. The summed E-state index contributed by atoms with van der Waals surface area (Å²) in [5, 5.41) is 3.64. The second-order valence-corrected chi connectivity index (χ2v) is 5.33. The predicted molar refractivity (Wildman–Crippen MR) is 70.3 cm³/mol. The highest BCUT2D eigenvalue weighted by Gasteiger charge is 2.29. The molecule has 0 radical (unpaired) electrons. The Morgan fingerprint density at radius 1 is 1.24 bits per heavy atom. The summed E-state index contributed by atoms with van der Waals surface area (Å²) in [6.45, 7) is 5.62. The van der Waals surface area contributed by atoms with Gasteiger partial charge < -0.3 is 10.2 Å². The summed E-state index contributed by atoms with van der Waals surface area (Å²) in [6, 6.07) is 5.08. The first-order valence-corrected chi connectivity index (χ1v) is 6.74. The Morgan fingerprint density at radius 3 is 2.94 bits per heavy atom. The van der Waals surface area contributed by atoms with Gasteiger partial charge in [-0.25, -0.2) is 0 Å². The van der Waals surface area contributed by atoms with Crippen molar-refractivity contribution in [2.75, 3.05) is 24.5 Å². The first-order chi connectivity index (χ1) is 8.33. The van der Waals surface area contributed by atoms with Crippen LogP contribution in [0.15, 0.2) is 18.3 Å². The molecule has 1 aromatic heterocycles. The normalized spacial score (nSPS) is 28.9. The van der Waals surface area contributed by atoms with E-state index in [2.05, 4.69) is 27.3 Å². The minimum absolute atomic E-state index is 0.762. The molecular formula is C14H21N3. The Labute approximate surface area is 103 Å². The monoisotopic (exact) mass is 231 g/mol. The topological polar surface area (TPSA) is 28.2 Å². The standard InChI is InChI=1S/C14H21N3/c1-11-2-3-13(10-16-11)17-8-5-12-4-7-15-14(12)6-9-17/h2-3,10,12,14-15H,4-9H2,1H3/t12-,14+/m1/s1. The molecule has 3 heterocycles. The smallest absolute Gasteiger partial charge is 0.0552 e. The molecular weight excluding hydrogens is 210 g/mol. The molecule has 0 aromatic carbocycles. The van der Waals surface area contributed by atoms with Crippen LogP contribution in [0.4, 0.5) is 5.69 Å². The van der Waals surface area contributed by atoms with Gasteiger partial charge in [0.25, 0.3) is 0 Å². The maximum Gasteiger partial charge on any atom is 0.0552 e. The van der Waals surface area contributed by atoms with Crippen molar-refractivity contribution in [1.29, 1.82) is 0 Å². The summed E-state index contributed by atoms with van der Waals surface area (Å²) in [6.07, 6.45) is 5.98. The van der Waals surface area contributed by atoms with Crippen molar-refractivity contribution in [3.8, 4) is 0 Å². The van der Waals surface area contributed by atoms with Gasteiger partial charge in [-0.05, 0) is 50.8 Å². The number of hydrogen-bond donors (Lipinski definition) is 1. The summed E-state index contributed by atoms with van der Waals surface area (Å²) < 4.78 is 0. The van der Waals surface area contributed by atoms with Gasteiger partial charge in [-0.2, -0.15) is 0 Å². The van der Waals surface area contributed by atoms with Crippen molar-refractivity contribution in [3.05, 3.63) is 24.0 Å². The molecule has 1 aromatic rings. The molecule has 2 aliphatic heterocycles. The maximum absolute atomic E-state index is 4.40. The second kappa shape index (κ2) is 4.65. The third-order valence-corrected chi connectivity index (χ3v) is 4.23. The van der Waals surface area contributed by atoms with Gasteiger partial charge in [0.1, 0.15) is 0 Å². The van der Waals surface area contributed by atoms with E-state index in [1.54, 1.807) is 0 Å². The first-order valence-electron chi connectivity index (χ1n) is 6.74. The van der Waals surface area contributed by atoms with E-state index in [0.717, 1.165) is 17.7 Å². The number of rotatable bonds is 1. The largest absolute Gasteiger partial charge is 0.370 e. The van der Waals surface area contributed by atoms with Crippen LogP contribution >= 0.6 is 0 Å². The Balaban J connectivity index is 1.70. The van der Waals surface area contributed by atoms with Crippen LogP contribution in [0.3, 0.4) is 0 Å². The summed E-state index contributed by atoms with van der Waals surface area (Å²) in [4.78, 5) is 6.89. The van der Waals surface area contributed by atoms with Gasteiger partial charge >= 0.3 is 0 Å². The summed E-state index contributed by atoms with van der Waals surface area (Å²) in [7, 11) is 0.